The summed E-state index contributed by atoms with van der Waals surface area (Å²) >= 11 is 1.57. The molecule has 5 nitrogen and oxygen atoms in total. The molecule has 1 heterocycles. The van der Waals surface area contributed by atoms with Crippen LogP contribution in [0.1, 0.15) is 13.3 Å². The van der Waals surface area contributed by atoms with Crippen molar-refractivity contribution >= 4 is 17.7 Å². The van der Waals surface area contributed by atoms with Crippen molar-refractivity contribution in [1.29, 1.82) is 0 Å². The number of amides is 1. The van der Waals surface area contributed by atoms with E-state index in [0.717, 1.165) is 17.3 Å². The van der Waals surface area contributed by atoms with Crippen LogP contribution in [0.4, 0.5) is 0 Å². The van der Waals surface area contributed by atoms with E-state index in [-0.39, 0.29) is 11.9 Å². The van der Waals surface area contributed by atoms with Crippen LogP contribution < -0.4 is 11.1 Å². The molecule has 1 aromatic heterocycles. The molecule has 0 aliphatic heterocycles. The normalized spacial score (nSPS) is 12.3. The second kappa shape index (κ2) is 7.19. The number of nitrogens with one attached hydrogen (secondary N) is 1. The minimum Gasteiger partial charge on any atom is -0.368 e. The number of nitrogens with zero attached hydrogens (tertiary/aromatic N) is 2. The Balaban J connectivity index is 2.31. The van der Waals surface area contributed by atoms with Gasteiger partial charge in [0.1, 0.15) is 5.03 Å². The molecular formula is C10H16N4OS. The summed E-state index contributed by atoms with van der Waals surface area (Å²) in [6, 6.07) is -0.255. The second-order valence-electron chi connectivity index (χ2n) is 3.19. The molecule has 1 aromatic rings. The highest BCUT2D eigenvalue weighted by Crippen LogP contribution is 2.14. The fraction of sp³-hybridized carbons (Fsp3) is 0.500. The van der Waals surface area contributed by atoms with E-state index in [0.29, 0.717) is 6.42 Å². The summed E-state index contributed by atoms with van der Waals surface area (Å²) in [4.78, 5) is 19.1. The zero-order chi connectivity index (χ0) is 11.8. The predicted molar refractivity (Wildman–Crippen MR) is 64.0 cm³/mol. The van der Waals surface area contributed by atoms with Crippen LogP contribution in [0.5, 0.6) is 0 Å². The maximum Gasteiger partial charge on any atom is 0.234 e. The summed E-state index contributed by atoms with van der Waals surface area (Å²) in [5.41, 5.74) is 5.26. The van der Waals surface area contributed by atoms with Gasteiger partial charge in [0.15, 0.2) is 0 Å². The van der Waals surface area contributed by atoms with Gasteiger partial charge < -0.3 is 11.1 Å². The molecule has 1 amide bonds. The summed E-state index contributed by atoms with van der Waals surface area (Å²) in [6.45, 7) is 2.69. The topological polar surface area (TPSA) is 80.9 Å². The molecule has 0 radical (unpaired) electrons. The van der Waals surface area contributed by atoms with Gasteiger partial charge >= 0.3 is 0 Å². The fourth-order valence-corrected chi connectivity index (χ4v) is 2.07. The van der Waals surface area contributed by atoms with Crippen LogP contribution in [0.15, 0.2) is 23.6 Å². The van der Waals surface area contributed by atoms with Gasteiger partial charge in [0.2, 0.25) is 5.91 Å². The minimum atomic E-state index is -0.304. The average molecular weight is 240 g/mol. The lowest BCUT2D eigenvalue weighted by molar-refractivity contribution is -0.120. The Bertz CT molecular complexity index is 320. The third-order valence-corrected chi connectivity index (χ3v) is 2.94. The molecule has 0 aliphatic carbocycles. The van der Waals surface area contributed by atoms with Crippen molar-refractivity contribution in [3.8, 4) is 0 Å². The van der Waals surface area contributed by atoms with E-state index < -0.39 is 0 Å². The number of carbonyl (C=O) groups excluding carboxylic acids is 1. The Morgan fingerprint density at radius 3 is 3.00 bits per heavy atom. The third kappa shape index (κ3) is 4.59. The third-order valence-electron chi connectivity index (χ3n) is 1.99. The van der Waals surface area contributed by atoms with Crippen LogP contribution in [-0.2, 0) is 4.79 Å². The summed E-state index contributed by atoms with van der Waals surface area (Å²) < 4.78 is 0. The number of hydrogen-bond acceptors (Lipinski definition) is 5. The van der Waals surface area contributed by atoms with Crippen LogP contribution in [0.25, 0.3) is 0 Å². The van der Waals surface area contributed by atoms with Crippen LogP contribution in [-0.4, -0.2) is 34.2 Å². The minimum absolute atomic E-state index is 0.255. The number of thioether (sulfide) groups is 1. The van der Waals surface area contributed by atoms with Crippen molar-refractivity contribution in [1.82, 2.24) is 15.3 Å². The number of aromatic nitrogens is 2. The highest BCUT2D eigenvalue weighted by atomic mass is 32.2. The molecule has 1 unspecified atom stereocenters. The Morgan fingerprint density at radius 1 is 1.62 bits per heavy atom. The van der Waals surface area contributed by atoms with Crippen LogP contribution in [0.2, 0.25) is 0 Å². The van der Waals surface area contributed by atoms with Crippen molar-refractivity contribution in [2.24, 2.45) is 5.73 Å². The van der Waals surface area contributed by atoms with Crippen molar-refractivity contribution in [2.75, 3.05) is 12.3 Å². The molecule has 1 atom stereocenters. The number of nitrogens with two attached hydrogens (primary N) is 1. The molecule has 0 saturated heterocycles. The van der Waals surface area contributed by atoms with Gasteiger partial charge in [0.25, 0.3) is 0 Å². The standard InChI is InChI=1S/C10H16N4OS/c1-2-13-8(10(11)15)3-6-16-9-7-12-4-5-14-9/h4-5,7-8,13H,2-3,6H2,1H3,(H2,11,15). The van der Waals surface area contributed by atoms with E-state index in [4.69, 9.17) is 5.73 Å². The van der Waals surface area contributed by atoms with Crippen molar-refractivity contribution in [3.63, 3.8) is 0 Å². The first kappa shape index (κ1) is 12.9. The van der Waals surface area contributed by atoms with Crippen LogP contribution in [0.3, 0.4) is 0 Å². The van der Waals surface area contributed by atoms with Gasteiger partial charge in [-0.15, -0.1) is 11.8 Å². The van der Waals surface area contributed by atoms with E-state index in [1.165, 1.54) is 0 Å². The maximum absolute atomic E-state index is 11.1. The van der Waals surface area contributed by atoms with Crippen LogP contribution >= 0.6 is 11.8 Å². The quantitative estimate of drug-likeness (QED) is 0.675. The molecule has 16 heavy (non-hydrogen) atoms. The molecule has 6 heteroatoms. The lowest BCUT2D eigenvalue weighted by Crippen LogP contribution is -2.41. The largest absolute Gasteiger partial charge is 0.368 e. The lowest BCUT2D eigenvalue weighted by atomic mass is 10.2. The summed E-state index contributed by atoms with van der Waals surface area (Å²) in [5.74, 6) is 0.487. The maximum atomic E-state index is 11.1. The molecule has 0 aliphatic rings. The van der Waals surface area contributed by atoms with Gasteiger partial charge in [0, 0.05) is 18.1 Å². The Hall–Kier alpha value is -1.14. The van der Waals surface area contributed by atoms with Gasteiger partial charge in [-0.25, -0.2) is 4.98 Å². The summed E-state index contributed by atoms with van der Waals surface area (Å²) in [6.07, 6.45) is 5.69. The Morgan fingerprint density at radius 2 is 2.44 bits per heavy atom. The Labute approximate surface area is 99.2 Å². The van der Waals surface area contributed by atoms with Crippen molar-refractivity contribution in [2.45, 2.75) is 24.4 Å². The highest BCUT2D eigenvalue weighted by molar-refractivity contribution is 7.99. The molecule has 1 rings (SSSR count). The number of carbonyl (C=O) groups is 1. The SMILES string of the molecule is CCNC(CCSc1cnccn1)C(N)=O. The molecule has 0 aromatic carbocycles. The van der Waals surface area contributed by atoms with Crippen molar-refractivity contribution < 1.29 is 4.79 Å². The highest BCUT2D eigenvalue weighted by Gasteiger charge is 2.13. The first-order valence-electron chi connectivity index (χ1n) is 5.15. The first-order chi connectivity index (χ1) is 7.74. The summed E-state index contributed by atoms with van der Waals surface area (Å²) in [7, 11) is 0. The summed E-state index contributed by atoms with van der Waals surface area (Å²) in [5, 5.41) is 3.91. The molecule has 0 spiro atoms. The zero-order valence-corrected chi connectivity index (χ0v) is 10.0. The monoisotopic (exact) mass is 240 g/mol. The fourth-order valence-electron chi connectivity index (χ4n) is 1.23. The van der Waals surface area contributed by atoms with E-state index >= 15 is 0 Å². The zero-order valence-electron chi connectivity index (χ0n) is 9.22. The Kier molecular flexibility index (Phi) is 5.81. The first-order valence-corrected chi connectivity index (χ1v) is 6.14. The number of primary amides is 1. The van der Waals surface area contributed by atoms with E-state index in [1.54, 1.807) is 30.4 Å². The smallest absolute Gasteiger partial charge is 0.234 e. The van der Waals surface area contributed by atoms with E-state index in [2.05, 4.69) is 15.3 Å². The van der Waals surface area contributed by atoms with E-state index in [9.17, 15) is 4.79 Å². The van der Waals surface area contributed by atoms with Gasteiger partial charge in [-0.2, -0.15) is 0 Å². The van der Waals surface area contributed by atoms with E-state index in [1.807, 2.05) is 6.92 Å². The molecule has 3 N–H and O–H groups in total. The average Bonchev–Trinajstić information content (AvgIpc) is 2.29. The lowest BCUT2D eigenvalue weighted by Gasteiger charge is -2.13. The molecule has 88 valence electrons. The van der Waals surface area contributed by atoms with Gasteiger partial charge in [0.05, 0.1) is 12.2 Å². The van der Waals surface area contributed by atoms with Gasteiger partial charge in [-0.05, 0) is 13.0 Å². The molecule has 0 fully saturated rings. The molecule has 0 bridgehead atoms. The second-order valence-corrected chi connectivity index (χ2v) is 4.31. The number of likely N-dealkylation sites (N-methyl/N-ethyl adjacent to an activating group) is 1. The predicted octanol–water partition coefficient (Wildman–Crippen LogP) is 0.422. The number of hydrogen-bond donors (Lipinski definition) is 2. The van der Waals surface area contributed by atoms with Crippen molar-refractivity contribution in [3.05, 3.63) is 18.6 Å². The van der Waals surface area contributed by atoms with Gasteiger partial charge in [-0.1, -0.05) is 6.92 Å². The molecule has 0 saturated carbocycles. The van der Waals surface area contributed by atoms with Crippen LogP contribution in [0, 0.1) is 0 Å². The number of rotatable bonds is 7. The van der Waals surface area contributed by atoms with Gasteiger partial charge in [-0.3, -0.25) is 9.78 Å². The molecular weight excluding hydrogens is 224 g/mol.